The lowest BCUT2D eigenvalue weighted by Crippen LogP contribution is -2.60. The van der Waals surface area contributed by atoms with Crippen LogP contribution >= 0.6 is 0 Å². The molecule has 0 saturated carbocycles. The first-order valence-electron chi connectivity index (χ1n) is 24.0. The predicted molar refractivity (Wildman–Crippen MR) is 252 cm³/mol. The molecule has 4 N–H and O–H groups in total. The third kappa shape index (κ3) is 34.2. The molecule has 0 aromatic heterocycles. The number of unbranched alkanes of at least 4 members (excludes halogenated alkanes) is 15. The Labute approximate surface area is 380 Å². The topological polar surface area (TPSA) is 186 Å². The molecule has 0 radical (unpaired) electrons. The Balaban J connectivity index is 2.42. The second kappa shape index (κ2) is 39.5. The van der Waals surface area contributed by atoms with Crippen molar-refractivity contribution in [2.75, 3.05) is 19.0 Å². The Kier molecular flexibility index (Phi) is 36.4. The van der Waals surface area contributed by atoms with Gasteiger partial charge in [-0.15, -0.1) is 0 Å². The van der Waals surface area contributed by atoms with Gasteiger partial charge >= 0.3 is 11.9 Å². The summed E-state index contributed by atoms with van der Waals surface area (Å²) in [6.45, 7) is 3.59. The van der Waals surface area contributed by atoms with E-state index in [2.05, 4.69) is 86.8 Å². The van der Waals surface area contributed by atoms with E-state index < -0.39 is 71.2 Å². The van der Waals surface area contributed by atoms with Crippen molar-refractivity contribution in [1.29, 1.82) is 0 Å². The number of hydrogen-bond donors (Lipinski definition) is 4. The first kappa shape index (κ1) is 58.1. The van der Waals surface area contributed by atoms with E-state index in [1.54, 1.807) is 0 Å². The largest absolute Gasteiger partial charge is 0.462 e. The normalized spacial score (nSPS) is 20.4. The van der Waals surface area contributed by atoms with Gasteiger partial charge in [-0.3, -0.25) is 14.1 Å². The van der Waals surface area contributed by atoms with Crippen LogP contribution in [0.25, 0.3) is 0 Å². The minimum atomic E-state index is -4.61. The van der Waals surface area contributed by atoms with Crippen molar-refractivity contribution in [3.63, 3.8) is 0 Å². The molecule has 6 atom stereocenters. The fourth-order valence-corrected chi connectivity index (χ4v) is 7.49. The summed E-state index contributed by atoms with van der Waals surface area (Å²) in [6.07, 6.45) is 40.8. The van der Waals surface area contributed by atoms with E-state index in [1.165, 1.54) is 32.1 Å². The number of ether oxygens (including phenoxy) is 4. The highest BCUT2D eigenvalue weighted by atomic mass is 32.2. The number of esters is 2. The molecule has 0 spiro atoms. The summed E-state index contributed by atoms with van der Waals surface area (Å²) < 4.78 is 54.1. The smallest absolute Gasteiger partial charge is 0.306 e. The summed E-state index contributed by atoms with van der Waals surface area (Å²) in [5.74, 6) is -2.02. The van der Waals surface area contributed by atoms with E-state index in [9.17, 15) is 37.9 Å². The maximum atomic E-state index is 12.9. The first-order valence-corrected chi connectivity index (χ1v) is 25.6. The molecule has 0 aliphatic carbocycles. The molecule has 0 bridgehead atoms. The lowest BCUT2D eigenvalue weighted by molar-refractivity contribution is -0.297. The van der Waals surface area contributed by atoms with Gasteiger partial charge in [-0.25, -0.2) is 0 Å². The second-order valence-corrected chi connectivity index (χ2v) is 17.9. The SMILES string of the molecule is CC/C=C\C/C=C\C/C=C\C/C=C\CCCCCCCCCCC(=O)OC(COC(=O)CCCCCCC/C=C\C/C=C\CCCC)COC1OC(CS(=O)(=O)O)C(O)C(O)C1O. The van der Waals surface area contributed by atoms with Crippen molar-refractivity contribution in [2.24, 2.45) is 0 Å². The van der Waals surface area contributed by atoms with Crippen LogP contribution in [-0.4, -0.2) is 96.0 Å². The van der Waals surface area contributed by atoms with Gasteiger partial charge in [0.05, 0.1) is 6.61 Å². The zero-order valence-electron chi connectivity index (χ0n) is 38.7. The van der Waals surface area contributed by atoms with E-state index in [0.29, 0.717) is 12.8 Å². The molecule has 1 fully saturated rings. The van der Waals surface area contributed by atoms with Crippen molar-refractivity contribution in [3.8, 4) is 0 Å². The van der Waals surface area contributed by atoms with Gasteiger partial charge in [-0.05, 0) is 77.0 Å². The van der Waals surface area contributed by atoms with Crippen molar-refractivity contribution in [3.05, 3.63) is 72.9 Å². The number of hydrogen-bond acceptors (Lipinski definition) is 11. The van der Waals surface area contributed by atoms with Gasteiger partial charge in [0.1, 0.15) is 36.8 Å². The quantitative estimate of drug-likeness (QED) is 0.0198. The lowest BCUT2D eigenvalue weighted by Gasteiger charge is -2.40. The molecule has 1 heterocycles. The Morgan fingerprint density at radius 2 is 1.00 bits per heavy atom. The molecule has 362 valence electrons. The first-order chi connectivity index (χ1) is 30.5. The Hall–Kier alpha value is -2.91. The number of allylic oxidation sites excluding steroid dienone is 12. The van der Waals surface area contributed by atoms with E-state index in [0.717, 1.165) is 103 Å². The summed E-state index contributed by atoms with van der Waals surface area (Å²) in [4.78, 5) is 25.5. The zero-order chi connectivity index (χ0) is 46.2. The minimum Gasteiger partial charge on any atom is -0.462 e. The molecule has 12 nitrogen and oxygen atoms in total. The molecule has 6 unspecified atom stereocenters. The zero-order valence-corrected chi connectivity index (χ0v) is 39.5. The van der Waals surface area contributed by atoms with Crippen LogP contribution in [0.1, 0.15) is 174 Å². The van der Waals surface area contributed by atoms with Gasteiger partial charge in [0, 0.05) is 12.8 Å². The highest BCUT2D eigenvalue weighted by Crippen LogP contribution is 2.24. The van der Waals surface area contributed by atoms with Gasteiger partial charge in [0.2, 0.25) is 0 Å². The van der Waals surface area contributed by atoms with Crippen LogP contribution < -0.4 is 0 Å². The highest BCUT2D eigenvalue weighted by molar-refractivity contribution is 7.85. The van der Waals surface area contributed by atoms with Gasteiger partial charge < -0.3 is 34.3 Å². The summed E-state index contributed by atoms with van der Waals surface area (Å²) in [7, 11) is -4.61. The summed E-state index contributed by atoms with van der Waals surface area (Å²) in [5, 5.41) is 30.9. The maximum Gasteiger partial charge on any atom is 0.306 e. The molecule has 1 saturated heterocycles. The molecule has 1 aliphatic rings. The fraction of sp³-hybridized carbons (Fsp3) is 0.720. The van der Waals surface area contributed by atoms with E-state index in [-0.39, 0.29) is 19.4 Å². The third-order valence-electron chi connectivity index (χ3n) is 10.5. The van der Waals surface area contributed by atoms with Gasteiger partial charge in [0.25, 0.3) is 10.1 Å². The van der Waals surface area contributed by atoms with Crippen LogP contribution in [0.2, 0.25) is 0 Å². The number of carbonyl (C=O) groups excluding carboxylic acids is 2. The molecule has 1 rings (SSSR count). The fourth-order valence-electron chi connectivity index (χ4n) is 6.80. The van der Waals surface area contributed by atoms with Crippen LogP contribution in [0.4, 0.5) is 0 Å². The second-order valence-electron chi connectivity index (χ2n) is 16.4. The van der Waals surface area contributed by atoms with Crippen molar-refractivity contribution < 1.29 is 56.8 Å². The molecule has 1 aliphatic heterocycles. The molecular weight excluding hydrogens is 825 g/mol. The summed E-state index contributed by atoms with van der Waals surface area (Å²) in [6, 6.07) is 0. The van der Waals surface area contributed by atoms with Crippen molar-refractivity contribution in [2.45, 2.75) is 211 Å². The number of rotatable bonds is 39. The van der Waals surface area contributed by atoms with E-state index in [4.69, 9.17) is 18.9 Å². The minimum absolute atomic E-state index is 0.148. The number of aliphatic hydroxyl groups excluding tert-OH is 3. The number of aliphatic hydroxyl groups is 3. The molecule has 0 amide bonds. The van der Waals surface area contributed by atoms with Crippen LogP contribution in [0, 0.1) is 0 Å². The average Bonchev–Trinajstić information content (AvgIpc) is 3.25. The molecule has 63 heavy (non-hydrogen) atoms. The van der Waals surface area contributed by atoms with Crippen LogP contribution in [0.15, 0.2) is 72.9 Å². The average molecular weight is 909 g/mol. The molecular formula is C50H84O12S. The Morgan fingerprint density at radius 1 is 0.556 bits per heavy atom. The van der Waals surface area contributed by atoms with E-state index in [1.807, 2.05) is 0 Å². The maximum absolute atomic E-state index is 12.9. The standard InChI is InChI=1S/C50H84O12S/c1-3-5-7-9-11-13-15-17-19-20-21-22-23-24-25-27-29-31-33-35-37-39-46(52)61-43(41-60-50-49(55)48(54)47(53)44(62-50)42-63(56,57)58)40-59-45(51)38-36-34-32-30-28-26-18-16-14-12-10-8-6-4-2/h5,7,10-13,16-19,21-22,43-44,47-50,53-55H,3-4,6,8-9,14-15,20,23-42H2,1-2H3,(H,56,57,58)/b7-5-,12-10-,13-11-,18-16-,19-17-,22-21-. The van der Waals surface area contributed by atoms with Gasteiger partial charge in [0.15, 0.2) is 12.4 Å². The predicted octanol–water partition coefficient (Wildman–Crippen LogP) is 10.3. The molecule has 13 heteroatoms. The summed E-state index contributed by atoms with van der Waals surface area (Å²) in [5.41, 5.74) is 0. The molecule has 0 aromatic carbocycles. The number of carbonyl (C=O) groups is 2. The Morgan fingerprint density at radius 3 is 1.49 bits per heavy atom. The lowest BCUT2D eigenvalue weighted by atomic mass is 10.00. The molecule has 0 aromatic rings. The van der Waals surface area contributed by atoms with Gasteiger partial charge in [-0.1, -0.05) is 157 Å². The van der Waals surface area contributed by atoms with E-state index >= 15 is 0 Å². The van der Waals surface area contributed by atoms with Crippen LogP contribution in [0.3, 0.4) is 0 Å². The van der Waals surface area contributed by atoms with Gasteiger partial charge in [-0.2, -0.15) is 8.42 Å². The van der Waals surface area contributed by atoms with Crippen LogP contribution in [0.5, 0.6) is 0 Å². The van der Waals surface area contributed by atoms with Crippen molar-refractivity contribution >= 4 is 22.1 Å². The summed E-state index contributed by atoms with van der Waals surface area (Å²) >= 11 is 0. The van der Waals surface area contributed by atoms with Crippen molar-refractivity contribution in [1.82, 2.24) is 0 Å². The van der Waals surface area contributed by atoms with Crippen LogP contribution in [-0.2, 0) is 38.7 Å². The monoisotopic (exact) mass is 909 g/mol. The highest BCUT2D eigenvalue weighted by Gasteiger charge is 2.46. The third-order valence-corrected chi connectivity index (χ3v) is 11.3. The Bertz CT molecular complexity index is 1440.